The van der Waals surface area contributed by atoms with Gasteiger partial charge in [0.2, 0.25) is 0 Å². The average Bonchev–Trinajstić information content (AvgIpc) is 3.80. The quantitative estimate of drug-likeness (QED) is 0.184. The van der Waals surface area contributed by atoms with Crippen LogP contribution in [0.2, 0.25) is 0 Å². The minimum absolute atomic E-state index is 0.129. The first kappa shape index (κ1) is 31.7. The first-order chi connectivity index (χ1) is 21.9. The zero-order valence-corrected chi connectivity index (χ0v) is 29.1. The Bertz CT molecular complexity index is 1390. The molecule has 4 heterocycles. The van der Waals surface area contributed by atoms with Crippen molar-refractivity contribution < 1.29 is 18.9 Å². The molecule has 6 heteroatoms. The number of hydrogen-bond acceptors (Lipinski definition) is 6. The predicted octanol–water partition coefficient (Wildman–Crippen LogP) is 6.78. The lowest BCUT2D eigenvalue weighted by atomic mass is 9.73. The van der Waals surface area contributed by atoms with Crippen LogP contribution in [0.25, 0.3) is 0 Å². The third-order valence-corrected chi connectivity index (χ3v) is 10.7. The van der Waals surface area contributed by atoms with Crippen molar-refractivity contribution in [1.82, 2.24) is 0 Å². The molecule has 4 atom stereocenters. The van der Waals surface area contributed by atoms with Gasteiger partial charge >= 0.3 is 0 Å². The molecule has 0 bridgehead atoms. The molecular formula is C40H52N2O4. The summed E-state index contributed by atoms with van der Waals surface area (Å²) in [7, 11) is 0. The molecule has 4 aliphatic rings. The van der Waals surface area contributed by atoms with E-state index >= 15 is 0 Å². The Labute approximate surface area is 276 Å². The fourth-order valence-corrected chi connectivity index (χ4v) is 7.46. The molecule has 4 unspecified atom stereocenters. The summed E-state index contributed by atoms with van der Waals surface area (Å²) >= 11 is 0. The Balaban J connectivity index is 1.12. The minimum atomic E-state index is -0.129. The molecule has 0 N–H and O–H groups in total. The fourth-order valence-electron chi connectivity index (χ4n) is 7.46. The molecule has 4 aliphatic heterocycles. The molecule has 0 saturated carbocycles. The molecule has 246 valence electrons. The number of benzene rings is 3. The average molecular weight is 625 g/mol. The van der Waals surface area contributed by atoms with E-state index in [2.05, 4.69) is 114 Å². The zero-order valence-electron chi connectivity index (χ0n) is 29.1. The summed E-state index contributed by atoms with van der Waals surface area (Å²) < 4.78 is 22.4. The van der Waals surface area contributed by atoms with Crippen molar-refractivity contribution >= 4 is 11.4 Å². The Kier molecular flexibility index (Phi) is 8.24. The van der Waals surface area contributed by atoms with Crippen molar-refractivity contribution in [2.75, 3.05) is 62.4 Å². The van der Waals surface area contributed by atoms with E-state index < -0.39 is 0 Å². The molecule has 4 saturated heterocycles. The zero-order chi connectivity index (χ0) is 32.4. The van der Waals surface area contributed by atoms with Gasteiger partial charge in [-0.05, 0) is 72.2 Å². The maximum Gasteiger partial charge on any atom is 0.0984 e. The van der Waals surface area contributed by atoms with E-state index in [0.29, 0.717) is 24.4 Å². The number of hydrogen-bond donors (Lipinski definition) is 0. The van der Waals surface area contributed by atoms with Gasteiger partial charge in [0.15, 0.2) is 0 Å². The van der Waals surface area contributed by atoms with E-state index in [1.807, 2.05) is 0 Å². The number of epoxide rings is 4. The minimum Gasteiger partial charge on any atom is -0.371 e. The van der Waals surface area contributed by atoms with Crippen LogP contribution in [0.5, 0.6) is 0 Å². The standard InChI is InChI=1S/C40H52N2O4/c1-25-13-31(14-26(2)37(25)41(17-33-21-43-33)18-34-22-44-34)39(5,6)29-9-11-30(12-10-29)40(7,8)32-15-27(3)38(28(4)16-32)42(19-35-23-45-35)20-36-24-46-36/h9-16,33-36H,17-24H2,1-8H3. The number of anilines is 2. The van der Waals surface area contributed by atoms with Crippen molar-refractivity contribution in [2.45, 2.75) is 90.6 Å². The van der Waals surface area contributed by atoms with Crippen LogP contribution in [-0.2, 0) is 29.8 Å². The lowest BCUT2D eigenvalue weighted by molar-refractivity contribution is 0.388. The Morgan fingerprint density at radius 2 is 0.717 bits per heavy atom. The molecule has 6 nitrogen and oxygen atoms in total. The van der Waals surface area contributed by atoms with Gasteiger partial charge in [-0.25, -0.2) is 0 Å². The Morgan fingerprint density at radius 3 is 0.935 bits per heavy atom. The second-order valence-corrected chi connectivity index (χ2v) is 15.4. The molecule has 3 aromatic carbocycles. The SMILES string of the molecule is Cc1cc(C(C)(C)c2ccc(C(C)(C)c3cc(C)c(N(CC4CO4)CC4CO4)c(C)c3)cc2)cc(C)c1N(CC1CO1)CC1CO1. The van der Waals surface area contributed by atoms with Gasteiger partial charge in [0.25, 0.3) is 0 Å². The van der Waals surface area contributed by atoms with Gasteiger partial charge in [0, 0.05) is 48.4 Å². The summed E-state index contributed by atoms with van der Waals surface area (Å²) in [4.78, 5) is 4.98. The van der Waals surface area contributed by atoms with Gasteiger partial charge < -0.3 is 28.7 Å². The van der Waals surface area contributed by atoms with Gasteiger partial charge in [-0.1, -0.05) is 76.2 Å². The third kappa shape index (κ3) is 6.73. The third-order valence-electron chi connectivity index (χ3n) is 10.7. The highest BCUT2D eigenvalue weighted by Gasteiger charge is 2.35. The van der Waals surface area contributed by atoms with Gasteiger partial charge in [0.05, 0.1) is 50.8 Å². The highest BCUT2D eigenvalue weighted by molar-refractivity contribution is 5.64. The van der Waals surface area contributed by atoms with E-state index in [-0.39, 0.29) is 10.8 Å². The lowest BCUT2D eigenvalue weighted by Gasteiger charge is -2.33. The normalized spacial score (nSPS) is 23.3. The molecule has 0 spiro atoms. The summed E-state index contributed by atoms with van der Waals surface area (Å²) in [6.07, 6.45) is 1.40. The van der Waals surface area contributed by atoms with Crippen LogP contribution in [0.1, 0.15) is 72.2 Å². The number of ether oxygens (including phenoxy) is 4. The lowest BCUT2D eigenvalue weighted by Crippen LogP contribution is -2.33. The van der Waals surface area contributed by atoms with E-state index in [4.69, 9.17) is 18.9 Å². The van der Waals surface area contributed by atoms with Crippen molar-refractivity contribution in [3.63, 3.8) is 0 Å². The van der Waals surface area contributed by atoms with E-state index in [1.165, 1.54) is 55.9 Å². The summed E-state index contributed by atoms with van der Waals surface area (Å²) in [5, 5.41) is 0. The van der Waals surface area contributed by atoms with Crippen LogP contribution in [0, 0.1) is 27.7 Å². The Hall–Kier alpha value is -2.90. The summed E-state index contributed by atoms with van der Waals surface area (Å²) in [6.45, 7) is 25.7. The molecule has 7 rings (SSSR count). The van der Waals surface area contributed by atoms with Crippen molar-refractivity contribution in [3.8, 4) is 0 Å². The number of aryl methyl sites for hydroxylation is 4. The maximum atomic E-state index is 5.60. The molecule has 0 radical (unpaired) electrons. The van der Waals surface area contributed by atoms with E-state index in [9.17, 15) is 0 Å². The summed E-state index contributed by atoms with van der Waals surface area (Å²) in [6, 6.07) is 19.0. The van der Waals surface area contributed by atoms with Crippen LogP contribution in [-0.4, -0.2) is 77.0 Å². The smallest absolute Gasteiger partial charge is 0.0984 e. The molecular weight excluding hydrogens is 572 g/mol. The fraction of sp³-hybridized carbons (Fsp3) is 0.550. The van der Waals surface area contributed by atoms with Crippen LogP contribution in [0.3, 0.4) is 0 Å². The van der Waals surface area contributed by atoms with E-state index in [1.54, 1.807) is 0 Å². The Morgan fingerprint density at radius 1 is 0.478 bits per heavy atom. The molecule has 3 aromatic rings. The summed E-state index contributed by atoms with van der Waals surface area (Å²) in [5.74, 6) is 0. The van der Waals surface area contributed by atoms with Crippen LogP contribution < -0.4 is 9.80 Å². The van der Waals surface area contributed by atoms with Gasteiger partial charge in [-0.2, -0.15) is 0 Å². The molecule has 46 heavy (non-hydrogen) atoms. The molecule has 0 amide bonds. The monoisotopic (exact) mass is 624 g/mol. The van der Waals surface area contributed by atoms with E-state index in [0.717, 1.165) is 52.6 Å². The van der Waals surface area contributed by atoms with Crippen LogP contribution >= 0.6 is 0 Å². The maximum absolute atomic E-state index is 5.60. The van der Waals surface area contributed by atoms with Crippen molar-refractivity contribution in [2.24, 2.45) is 0 Å². The molecule has 0 aliphatic carbocycles. The van der Waals surface area contributed by atoms with Crippen LogP contribution in [0.15, 0.2) is 48.5 Å². The van der Waals surface area contributed by atoms with Gasteiger partial charge in [0.1, 0.15) is 0 Å². The first-order valence-corrected chi connectivity index (χ1v) is 17.2. The second-order valence-electron chi connectivity index (χ2n) is 15.4. The number of nitrogens with zero attached hydrogens (tertiary/aromatic N) is 2. The largest absolute Gasteiger partial charge is 0.371 e. The van der Waals surface area contributed by atoms with Crippen LogP contribution in [0.4, 0.5) is 11.4 Å². The molecule has 0 aromatic heterocycles. The summed E-state index contributed by atoms with van der Waals surface area (Å²) in [5.41, 5.74) is 13.1. The topological polar surface area (TPSA) is 56.6 Å². The highest BCUT2D eigenvalue weighted by Crippen LogP contribution is 2.40. The molecule has 4 fully saturated rings. The van der Waals surface area contributed by atoms with Gasteiger partial charge in [-0.3, -0.25) is 0 Å². The van der Waals surface area contributed by atoms with Gasteiger partial charge in [-0.15, -0.1) is 0 Å². The highest BCUT2D eigenvalue weighted by atomic mass is 16.6. The predicted molar refractivity (Wildman–Crippen MR) is 186 cm³/mol. The second kappa shape index (κ2) is 12.0. The van der Waals surface area contributed by atoms with Crippen molar-refractivity contribution in [1.29, 1.82) is 0 Å². The first-order valence-electron chi connectivity index (χ1n) is 17.2. The number of rotatable bonds is 14. The van der Waals surface area contributed by atoms with Crippen molar-refractivity contribution in [3.05, 3.63) is 93.0 Å².